The van der Waals surface area contributed by atoms with Gasteiger partial charge in [-0.1, -0.05) is 20.8 Å². The third kappa shape index (κ3) is 5.79. The second-order valence-electron chi connectivity index (χ2n) is 6.06. The number of benzene rings is 2. The lowest BCUT2D eigenvalue weighted by Gasteiger charge is -2.03. The number of nitrogen functional groups attached to an aromatic ring is 2. The van der Waals surface area contributed by atoms with Crippen LogP contribution in [0.4, 0.5) is 11.4 Å². The molecule has 0 aliphatic heterocycles. The molecular formula is C18H22N2O2. The molecular weight excluding hydrogens is 276 g/mol. The van der Waals surface area contributed by atoms with Gasteiger partial charge in [0.1, 0.15) is 6.29 Å². The van der Waals surface area contributed by atoms with E-state index in [4.69, 9.17) is 11.5 Å². The quantitative estimate of drug-likeness (QED) is 0.506. The van der Waals surface area contributed by atoms with Crippen molar-refractivity contribution in [1.82, 2.24) is 0 Å². The first-order chi connectivity index (χ1) is 10.2. The summed E-state index contributed by atoms with van der Waals surface area (Å²) in [4.78, 5) is 21.8. The van der Waals surface area contributed by atoms with Gasteiger partial charge in [-0.3, -0.25) is 4.79 Å². The van der Waals surface area contributed by atoms with Gasteiger partial charge in [0.2, 0.25) is 0 Å². The molecule has 0 atom stereocenters. The molecule has 116 valence electrons. The fraction of sp³-hybridized carbons (Fsp3) is 0.222. The van der Waals surface area contributed by atoms with Gasteiger partial charge in [-0.25, -0.2) is 0 Å². The van der Waals surface area contributed by atoms with Crippen LogP contribution < -0.4 is 11.5 Å². The number of ketones is 1. The number of aldehydes is 1. The van der Waals surface area contributed by atoms with Gasteiger partial charge in [-0.05, 0) is 48.5 Å². The first kappa shape index (κ1) is 17.4. The zero-order valence-electron chi connectivity index (χ0n) is 13.2. The molecule has 2 aromatic carbocycles. The van der Waals surface area contributed by atoms with Gasteiger partial charge in [0, 0.05) is 27.9 Å². The molecule has 0 aliphatic rings. The highest BCUT2D eigenvalue weighted by Crippen LogP contribution is 2.13. The lowest BCUT2D eigenvalue weighted by Crippen LogP contribution is -2.04. The molecule has 0 amide bonds. The zero-order chi connectivity index (χ0) is 16.8. The van der Waals surface area contributed by atoms with Crippen LogP contribution in [-0.4, -0.2) is 12.1 Å². The highest BCUT2D eigenvalue weighted by molar-refractivity contribution is 6.09. The first-order valence-corrected chi connectivity index (χ1v) is 6.95. The maximum absolute atomic E-state index is 12.0. The summed E-state index contributed by atoms with van der Waals surface area (Å²) in [5.74, 6) is -0.0278. The predicted octanol–water partition coefficient (Wildman–Crippen LogP) is 3.31. The van der Waals surface area contributed by atoms with Crippen LogP contribution in [0.3, 0.4) is 0 Å². The van der Waals surface area contributed by atoms with E-state index < -0.39 is 0 Å². The molecule has 0 unspecified atom stereocenters. The molecule has 0 aromatic heterocycles. The number of rotatable bonds is 2. The average Bonchev–Trinajstić information content (AvgIpc) is 2.48. The Bertz CT molecular complexity index is 576. The summed E-state index contributed by atoms with van der Waals surface area (Å²) < 4.78 is 0. The van der Waals surface area contributed by atoms with Crippen LogP contribution in [0.5, 0.6) is 0 Å². The fourth-order valence-electron chi connectivity index (χ4n) is 1.44. The minimum Gasteiger partial charge on any atom is -0.399 e. The summed E-state index contributed by atoms with van der Waals surface area (Å²) in [6.07, 6.45) is 0.938. The van der Waals surface area contributed by atoms with Gasteiger partial charge in [-0.15, -0.1) is 0 Å². The maximum atomic E-state index is 12.0. The maximum Gasteiger partial charge on any atom is 0.193 e. The molecule has 0 spiro atoms. The van der Waals surface area contributed by atoms with Crippen molar-refractivity contribution in [3.63, 3.8) is 0 Å². The molecule has 0 saturated heterocycles. The number of anilines is 2. The summed E-state index contributed by atoms with van der Waals surface area (Å²) in [7, 11) is 0. The highest BCUT2D eigenvalue weighted by atomic mass is 16.1. The van der Waals surface area contributed by atoms with E-state index >= 15 is 0 Å². The van der Waals surface area contributed by atoms with Crippen molar-refractivity contribution < 1.29 is 9.59 Å². The molecule has 4 heteroatoms. The van der Waals surface area contributed by atoms with Crippen molar-refractivity contribution in [2.75, 3.05) is 11.5 Å². The smallest absolute Gasteiger partial charge is 0.193 e. The Labute approximate surface area is 131 Å². The van der Waals surface area contributed by atoms with Gasteiger partial charge < -0.3 is 16.3 Å². The third-order valence-corrected chi connectivity index (χ3v) is 2.70. The zero-order valence-corrected chi connectivity index (χ0v) is 13.2. The summed E-state index contributed by atoms with van der Waals surface area (Å²) in [5.41, 5.74) is 13.5. The molecule has 0 bridgehead atoms. The number of hydrogen-bond donors (Lipinski definition) is 2. The molecule has 4 nitrogen and oxygen atoms in total. The summed E-state index contributed by atoms with van der Waals surface area (Å²) in [6, 6.07) is 13.7. The van der Waals surface area contributed by atoms with Crippen molar-refractivity contribution in [3.05, 3.63) is 59.7 Å². The van der Waals surface area contributed by atoms with E-state index in [1.165, 1.54) is 0 Å². The van der Waals surface area contributed by atoms with Gasteiger partial charge >= 0.3 is 0 Å². The molecule has 0 heterocycles. The Hall–Kier alpha value is -2.62. The highest BCUT2D eigenvalue weighted by Gasteiger charge is 2.07. The Morgan fingerprint density at radius 3 is 1.32 bits per heavy atom. The summed E-state index contributed by atoms with van der Waals surface area (Å²) in [5, 5.41) is 0. The molecule has 22 heavy (non-hydrogen) atoms. The first-order valence-electron chi connectivity index (χ1n) is 6.95. The van der Waals surface area contributed by atoms with Crippen LogP contribution in [0.2, 0.25) is 0 Å². The Balaban J connectivity index is 0.000000346. The van der Waals surface area contributed by atoms with Crippen LogP contribution in [0, 0.1) is 5.41 Å². The average molecular weight is 298 g/mol. The minimum absolute atomic E-state index is 0.0278. The topological polar surface area (TPSA) is 86.2 Å². The molecule has 4 N–H and O–H groups in total. The monoisotopic (exact) mass is 298 g/mol. The third-order valence-electron chi connectivity index (χ3n) is 2.70. The SMILES string of the molecule is CC(C)(C)C=O.Nc1ccc(C(=O)c2ccc(N)cc2)cc1. The van der Waals surface area contributed by atoms with Gasteiger partial charge in [0.15, 0.2) is 5.78 Å². The number of nitrogens with two attached hydrogens (primary N) is 2. The van der Waals surface area contributed by atoms with E-state index in [-0.39, 0.29) is 11.2 Å². The second-order valence-corrected chi connectivity index (χ2v) is 6.06. The van der Waals surface area contributed by atoms with E-state index in [1.54, 1.807) is 48.5 Å². The van der Waals surface area contributed by atoms with Gasteiger partial charge in [0.25, 0.3) is 0 Å². The van der Waals surface area contributed by atoms with E-state index in [0.29, 0.717) is 22.5 Å². The molecule has 2 aromatic rings. The van der Waals surface area contributed by atoms with Crippen LogP contribution >= 0.6 is 0 Å². The lowest BCUT2D eigenvalue weighted by molar-refractivity contribution is -0.113. The number of hydrogen-bond acceptors (Lipinski definition) is 4. The van der Waals surface area contributed by atoms with Crippen molar-refractivity contribution in [1.29, 1.82) is 0 Å². The molecule has 0 radical (unpaired) electrons. The minimum atomic E-state index is -0.139. The predicted molar refractivity (Wildman–Crippen MR) is 90.7 cm³/mol. The largest absolute Gasteiger partial charge is 0.399 e. The van der Waals surface area contributed by atoms with Gasteiger partial charge in [-0.2, -0.15) is 0 Å². The van der Waals surface area contributed by atoms with Crippen LogP contribution in [-0.2, 0) is 4.79 Å². The molecule has 0 fully saturated rings. The lowest BCUT2D eigenvalue weighted by atomic mass is 10.0. The van der Waals surface area contributed by atoms with E-state index in [2.05, 4.69) is 0 Å². The van der Waals surface area contributed by atoms with Crippen molar-refractivity contribution in [3.8, 4) is 0 Å². The number of carbonyl (C=O) groups excluding carboxylic acids is 2. The van der Waals surface area contributed by atoms with Crippen molar-refractivity contribution >= 4 is 23.4 Å². The van der Waals surface area contributed by atoms with Crippen LogP contribution in [0.25, 0.3) is 0 Å². The normalized spacial score (nSPS) is 10.3. The van der Waals surface area contributed by atoms with E-state index in [0.717, 1.165) is 6.29 Å². The molecule has 0 saturated carbocycles. The standard InChI is InChI=1S/C13H12N2O.C5H10O/c14-11-5-1-9(2-6-11)13(16)10-3-7-12(15)8-4-10;1-5(2,3)4-6/h1-8H,14-15H2;4H,1-3H3. The van der Waals surface area contributed by atoms with E-state index in [1.807, 2.05) is 20.8 Å². The van der Waals surface area contributed by atoms with Crippen molar-refractivity contribution in [2.24, 2.45) is 5.41 Å². The Morgan fingerprint density at radius 2 is 1.09 bits per heavy atom. The van der Waals surface area contributed by atoms with E-state index in [9.17, 15) is 9.59 Å². The molecule has 0 aliphatic carbocycles. The number of carbonyl (C=O) groups is 2. The summed E-state index contributed by atoms with van der Waals surface area (Å²) >= 11 is 0. The Morgan fingerprint density at radius 1 is 0.818 bits per heavy atom. The fourth-order valence-corrected chi connectivity index (χ4v) is 1.44. The van der Waals surface area contributed by atoms with Gasteiger partial charge in [0.05, 0.1) is 0 Å². The Kier molecular flexibility index (Phi) is 5.87. The summed E-state index contributed by atoms with van der Waals surface area (Å²) in [6.45, 7) is 5.62. The van der Waals surface area contributed by atoms with Crippen molar-refractivity contribution in [2.45, 2.75) is 20.8 Å². The van der Waals surface area contributed by atoms with Crippen LogP contribution in [0.1, 0.15) is 36.7 Å². The second kappa shape index (κ2) is 7.41. The molecule has 2 rings (SSSR count). The van der Waals surface area contributed by atoms with Crippen LogP contribution in [0.15, 0.2) is 48.5 Å².